The number of aromatic nitrogens is 1. The predicted molar refractivity (Wildman–Crippen MR) is 89.9 cm³/mol. The van der Waals surface area contributed by atoms with E-state index >= 15 is 0 Å². The number of amides is 2. The van der Waals surface area contributed by atoms with Crippen LogP contribution in [0, 0.1) is 5.92 Å². The van der Waals surface area contributed by atoms with Gasteiger partial charge in [-0.3, -0.25) is 9.59 Å². The first-order chi connectivity index (χ1) is 11.6. The van der Waals surface area contributed by atoms with Crippen LogP contribution in [0.4, 0.5) is 0 Å². The van der Waals surface area contributed by atoms with E-state index < -0.39 is 5.91 Å². The highest BCUT2D eigenvalue weighted by Crippen LogP contribution is 2.20. The van der Waals surface area contributed by atoms with Crippen molar-refractivity contribution < 1.29 is 14.3 Å². The maximum Gasteiger partial charge on any atom is 0.270 e. The molecule has 0 unspecified atom stereocenters. The number of hydrogen-bond donors (Lipinski definition) is 2. The number of rotatable bonds is 5. The first-order valence-electron chi connectivity index (χ1n) is 8.09. The molecule has 126 valence electrons. The fourth-order valence-corrected chi connectivity index (χ4v) is 2.95. The quantitative estimate of drug-likeness (QED) is 0.881. The number of ether oxygens (including phenoxy) is 1. The van der Waals surface area contributed by atoms with Crippen molar-refractivity contribution in [1.29, 1.82) is 0 Å². The van der Waals surface area contributed by atoms with E-state index in [4.69, 9.17) is 10.5 Å². The van der Waals surface area contributed by atoms with Gasteiger partial charge in [0.25, 0.3) is 5.91 Å². The van der Waals surface area contributed by atoms with Gasteiger partial charge in [-0.1, -0.05) is 18.2 Å². The van der Waals surface area contributed by atoms with Crippen molar-refractivity contribution in [3.05, 3.63) is 53.9 Å². The van der Waals surface area contributed by atoms with E-state index in [0.717, 1.165) is 18.6 Å². The average Bonchev–Trinajstić information content (AvgIpc) is 3.11. The molecule has 3 rings (SSSR count). The van der Waals surface area contributed by atoms with E-state index in [2.05, 4.69) is 4.98 Å². The summed E-state index contributed by atoms with van der Waals surface area (Å²) in [5.74, 6) is 0.495. The largest absolute Gasteiger partial charge is 0.493 e. The minimum absolute atomic E-state index is 0.105. The van der Waals surface area contributed by atoms with Gasteiger partial charge in [-0.05, 0) is 31.0 Å². The van der Waals surface area contributed by atoms with Gasteiger partial charge in [0.1, 0.15) is 11.4 Å². The highest BCUT2D eigenvalue weighted by Gasteiger charge is 2.26. The maximum absolute atomic E-state index is 12.6. The van der Waals surface area contributed by atoms with Crippen molar-refractivity contribution in [2.75, 3.05) is 19.7 Å². The third kappa shape index (κ3) is 3.76. The molecule has 6 heteroatoms. The zero-order valence-corrected chi connectivity index (χ0v) is 13.4. The number of benzene rings is 1. The number of primary amides is 1. The van der Waals surface area contributed by atoms with E-state index in [1.165, 1.54) is 12.3 Å². The minimum Gasteiger partial charge on any atom is -0.493 e. The molecule has 1 aromatic heterocycles. The van der Waals surface area contributed by atoms with Gasteiger partial charge in [0, 0.05) is 25.2 Å². The summed E-state index contributed by atoms with van der Waals surface area (Å²) in [5.41, 5.74) is 5.94. The van der Waals surface area contributed by atoms with Crippen LogP contribution in [0.15, 0.2) is 42.6 Å². The smallest absolute Gasteiger partial charge is 0.270 e. The molecule has 0 radical (unpaired) electrons. The summed E-state index contributed by atoms with van der Waals surface area (Å²) >= 11 is 0. The standard InChI is InChI=1S/C18H21N3O3/c19-17(22)14-9-16(20-10-14)18(23)21-8-4-5-13(11-21)12-24-15-6-2-1-3-7-15/h1-3,6-7,9-10,13,20H,4-5,8,11-12H2,(H2,19,22)/t13-/m1/s1. The summed E-state index contributed by atoms with van der Waals surface area (Å²) < 4.78 is 5.81. The molecule has 0 spiro atoms. The number of nitrogens with two attached hydrogens (primary N) is 1. The Bertz CT molecular complexity index is 711. The SMILES string of the molecule is NC(=O)c1c[nH]c(C(=O)N2CCC[C@@H](COc3ccccc3)C2)c1. The Balaban J connectivity index is 1.58. The molecular weight excluding hydrogens is 306 g/mol. The van der Waals surface area contributed by atoms with Gasteiger partial charge < -0.3 is 20.4 Å². The Labute approximate surface area is 140 Å². The number of nitrogens with zero attached hydrogens (tertiary/aromatic N) is 1. The molecule has 3 N–H and O–H groups in total. The third-order valence-corrected chi connectivity index (χ3v) is 4.23. The van der Waals surface area contributed by atoms with Gasteiger partial charge in [-0.15, -0.1) is 0 Å². The van der Waals surface area contributed by atoms with Crippen LogP contribution < -0.4 is 10.5 Å². The zero-order valence-electron chi connectivity index (χ0n) is 13.4. The van der Waals surface area contributed by atoms with Gasteiger partial charge in [-0.25, -0.2) is 0 Å². The first kappa shape index (κ1) is 16.1. The number of para-hydroxylation sites is 1. The van der Waals surface area contributed by atoms with Crippen LogP contribution in [-0.2, 0) is 0 Å². The Morgan fingerprint density at radius 2 is 2.08 bits per heavy atom. The van der Waals surface area contributed by atoms with Crippen molar-refractivity contribution in [3.63, 3.8) is 0 Å². The highest BCUT2D eigenvalue weighted by molar-refractivity contribution is 5.98. The zero-order chi connectivity index (χ0) is 16.9. The van der Waals surface area contributed by atoms with Gasteiger partial charge in [0.15, 0.2) is 0 Å². The number of carbonyl (C=O) groups is 2. The maximum atomic E-state index is 12.6. The summed E-state index contributed by atoms with van der Waals surface area (Å²) in [7, 11) is 0. The Morgan fingerprint density at radius 3 is 2.79 bits per heavy atom. The minimum atomic E-state index is -0.543. The second kappa shape index (κ2) is 7.21. The number of hydrogen-bond acceptors (Lipinski definition) is 3. The predicted octanol–water partition coefficient (Wildman–Crippen LogP) is 2.04. The van der Waals surface area contributed by atoms with Crippen molar-refractivity contribution in [1.82, 2.24) is 9.88 Å². The lowest BCUT2D eigenvalue weighted by Crippen LogP contribution is -2.41. The molecule has 0 saturated carbocycles. The van der Waals surface area contributed by atoms with Crippen LogP contribution >= 0.6 is 0 Å². The lowest BCUT2D eigenvalue weighted by atomic mass is 9.98. The molecule has 1 aliphatic heterocycles. The van der Waals surface area contributed by atoms with Crippen molar-refractivity contribution in [2.45, 2.75) is 12.8 Å². The molecule has 1 aromatic carbocycles. The number of H-pyrrole nitrogens is 1. The molecule has 0 bridgehead atoms. The summed E-state index contributed by atoms with van der Waals surface area (Å²) in [4.78, 5) is 28.3. The molecule has 2 heterocycles. The van der Waals surface area contributed by atoms with E-state index in [0.29, 0.717) is 36.9 Å². The number of nitrogens with one attached hydrogen (secondary N) is 1. The molecule has 0 aliphatic carbocycles. The third-order valence-electron chi connectivity index (χ3n) is 4.23. The number of piperidine rings is 1. The summed E-state index contributed by atoms with van der Waals surface area (Å²) in [6.07, 6.45) is 3.45. The normalized spacial score (nSPS) is 17.5. The van der Waals surface area contributed by atoms with E-state index in [-0.39, 0.29) is 5.91 Å². The van der Waals surface area contributed by atoms with Crippen LogP contribution in [-0.4, -0.2) is 41.4 Å². The van der Waals surface area contributed by atoms with Crippen LogP contribution in [0.5, 0.6) is 5.75 Å². The van der Waals surface area contributed by atoms with Crippen LogP contribution in [0.25, 0.3) is 0 Å². The second-order valence-electron chi connectivity index (χ2n) is 6.05. The van der Waals surface area contributed by atoms with Crippen LogP contribution in [0.3, 0.4) is 0 Å². The lowest BCUT2D eigenvalue weighted by Gasteiger charge is -2.32. The van der Waals surface area contributed by atoms with Gasteiger partial charge >= 0.3 is 0 Å². The fraction of sp³-hybridized carbons (Fsp3) is 0.333. The van der Waals surface area contributed by atoms with Crippen molar-refractivity contribution in [2.24, 2.45) is 11.7 Å². The van der Waals surface area contributed by atoms with E-state index in [9.17, 15) is 9.59 Å². The molecular formula is C18H21N3O3. The highest BCUT2D eigenvalue weighted by atomic mass is 16.5. The first-order valence-corrected chi connectivity index (χ1v) is 8.09. The second-order valence-corrected chi connectivity index (χ2v) is 6.05. The van der Waals surface area contributed by atoms with Crippen LogP contribution in [0.2, 0.25) is 0 Å². The van der Waals surface area contributed by atoms with Crippen molar-refractivity contribution >= 4 is 11.8 Å². The van der Waals surface area contributed by atoms with E-state index in [1.54, 1.807) is 4.90 Å². The van der Waals surface area contributed by atoms with Gasteiger partial charge in [0.05, 0.1) is 12.2 Å². The molecule has 2 amide bonds. The summed E-state index contributed by atoms with van der Waals surface area (Å²) in [5, 5.41) is 0. The molecule has 6 nitrogen and oxygen atoms in total. The Kier molecular flexibility index (Phi) is 4.84. The Morgan fingerprint density at radius 1 is 1.29 bits per heavy atom. The lowest BCUT2D eigenvalue weighted by molar-refractivity contribution is 0.0628. The molecule has 2 aromatic rings. The van der Waals surface area contributed by atoms with Crippen molar-refractivity contribution in [3.8, 4) is 5.75 Å². The number of aromatic amines is 1. The molecule has 1 aliphatic rings. The molecule has 1 saturated heterocycles. The number of carbonyl (C=O) groups excluding carboxylic acids is 2. The Hall–Kier alpha value is -2.76. The topological polar surface area (TPSA) is 88.4 Å². The fourth-order valence-electron chi connectivity index (χ4n) is 2.95. The monoisotopic (exact) mass is 327 g/mol. The summed E-state index contributed by atoms with van der Waals surface area (Å²) in [6.45, 7) is 1.95. The average molecular weight is 327 g/mol. The van der Waals surface area contributed by atoms with E-state index in [1.807, 2.05) is 30.3 Å². The van der Waals surface area contributed by atoms with Gasteiger partial charge in [-0.2, -0.15) is 0 Å². The number of likely N-dealkylation sites (tertiary alicyclic amines) is 1. The molecule has 24 heavy (non-hydrogen) atoms. The molecule has 1 fully saturated rings. The summed E-state index contributed by atoms with van der Waals surface area (Å²) in [6, 6.07) is 11.2. The van der Waals surface area contributed by atoms with Crippen LogP contribution in [0.1, 0.15) is 33.7 Å². The van der Waals surface area contributed by atoms with Gasteiger partial charge in [0.2, 0.25) is 5.91 Å². The molecule has 1 atom stereocenters.